The molecule has 4 heterocycles. The molecular formula is C15H18N8. The van der Waals surface area contributed by atoms with Gasteiger partial charge in [-0.1, -0.05) is 5.21 Å². The summed E-state index contributed by atoms with van der Waals surface area (Å²) < 4.78 is 4.00. The summed E-state index contributed by atoms with van der Waals surface area (Å²) in [5.74, 6) is 0.763. The van der Waals surface area contributed by atoms with Crippen LogP contribution in [-0.4, -0.2) is 41.1 Å². The van der Waals surface area contributed by atoms with Crippen LogP contribution in [0.4, 0.5) is 5.95 Å². The minimum Gasteiger partial charge on any atom is -0.335 e. The number of fused-ring (bicyclic) bond motifs is 1. The molecule has 0 bridgehead atoms. The number of aryl methyl sites for hydroxylation is 2. The third kappa shape index (κ3) is 2.79. The molecule has 1 aliphatic rings. The van der Waals surface area contributed by atoms with E-state index in [4.69, 9.17) is 0 Å². The molecule has 118 valence electrons. The minimum absolute atomic E-state index is 0.679. The molecule has 8 nitrogen and oxygen atoms in total. The second kappa shape index (κ2) is 5.79. The summed E-state index contributed by atoms with van der Waals surface area (Å²) in [5.41, 5.74) is 3.17. The first kappa shape index (κ1) is 13.9. The largest absolute Gasteiger partial charge is 0.335 e. The summed E-state index contributed by atoms with van der Waals surface area (Å²) in [4.78, 5) is 15.2. The topological polar surface area (TPSA) is 77.5 Å². The summed E-state index contributed by atoms with van der Waals surface area (Å²) in [5, 5.41) is 8.66. The third-order valence-corrected chi connectivity index (χ3v) is 4.00. The molecule has 0 unspecified atom stereocenters. The van der Waals surface area contributed by atoms with E-state index < -0.39 is 0 Å². The highest BCUT2D eigenvalue weighted by atomic mass is 15.4. The minimum atomic E-state index is 0.679. The van der Waals surface area contributed by atoms with E-state index in [-0.39, 0.29) is 0 Å². The lowest BCUT2D eigenvalue weighted by molar-refractivity contribution is 0.569. The van der Waals surface area contributed by atoms with Gasteiger partial charge in [-0.3, -0.25) is 0 Å². The van der Waals surface area contributed by atoms with Crippen molar-refractivity contribution >= 4 is 5.95 Å². The lowest BCUT2D eigenvalue weighted by Crippen LogP contribution is -2.25. The molecule has 8 heteroatoms. The van der Waals surface area contributed by atoms with E-state index in [1.54, 1.807) is 12.5 Å². The molecule has 0 aromatic carbocycles. The Balaban J connectivity index is 1.62. The number of hydrogen-bond donors (Lipinski definition) is 0. The van der Waals surface area contributed by atoms with Crippen LogP contribution in [0, 0.1) is 6.92 Å². The van der Waals surface area contributed by atoms with Crippen molar-refractivity contribution in [3.63, 3.8) is 0 Å². The lowest BCUT2D eigenvalue weighted by Gasteiger charge is -2.20. The van der Waals surface area contributed by atoms with Crippen LogP contribution in [0.25, 0.3) is 0 Å². The number of nitrogens with zero attached hydrogens (tertiary/aromatic N) is 8. The zero-order chi connectivity index (χ0) is 15.6. The summed E-state index contributed by atoms with van der Waals surface area (Å²) in [7, 11) is 0. The second-order valence-electron chi connectivity index (χ2n) is 5.78. The molecule has 1 aliphatic heterocycles. The maximum atomic E-state index is 4.46. The molecule has 23 heavy (non-hydrogen) atoms. The van der Waals surface area contributed by atoms with Crippen LogP contribution in [0.2, 0.25) is 0 Å². The van der Waals surface area contributed by atoms with Gasteiger partial charge in [0.15, 0.2) is 0 Å². The van der Waals surface area contributed by atoms with Gasteiger partial charge in [0.1, 0.15) is 5.69 Å². The van der Waals surface area contributed by atoms with Gasteiger partial charge < -0.3 is 9.47 Å². The van der Waals surface area contributed by atoms with Crippen molar-refractivity contribution in [2.24, 2.45) is 0 Å². The molecule has 3 aromatic rings. The van der Waals surface area contributed by atoms with Crippen molar-refractivity contribution in [1.82, 2.24) is 34.5 Å². The summed E-state index contributed by atoms with van der Waals surface area (Å²) >= 11 is 0. The van der Waals surface area contributed by atoms with E-state index in [1.807, 2.05) is 34.8 Å². The zero-order valence-corrected chi connectivity index (χ0v) is 13.0. The Hall–Kier alpha value is -2.77. The van der Waals surface area contributed by atoms with Gasteiger partial charge in [-0.15, -0.1) is 5.10 Å². The first-order chi connectivity index (χ1) is 11.3. The molecular weight excluding hydrogens is 292 g/mol. The average molecular weight is 310 g/mol. The Morgan fingerprint density at radius 2 is 2.04 bits per heavy atom. The van der Waals surface area contributed by atoms with E-state index in [1.165, 1.54) is 0 Å². The smallest absolute Gasteiger partial charge is 0.225 e. The van der Waals surface area contributed by atoms with Crippen LogP contribution in [0.3, 0.4) is 0 Å². The molecule has 0 fully saturated rings. The van der Waals surface area contributed by atoms with Gasteiger partial charge in [-0.05, 0) is 18.9 Å². The fourth-order valence-corrected chi connectivity index (χ4v) is 2.79. The highest BCUT2D eigenvalue weighted by Gasteiger charge is 2.21. The van der Waals surface area contributed by atoms with Gasteiger partial charge in [0.05, 0.1) is 25.1 Å². The Kier molecular flexibility index (Phi) is 3.49. The van der Waals surface area contributed by atoms with Gasteiger partial charge in [0.25, 0.3) is 0 Å². The Labute approximate surface area is 133 Å². The van der Waals surface area contributed by atoms with Crippen molar-refractivity contribution in [2.45, 2.75) is 33.0 Å². The Morgan fingerprint density at radius 1 is 1.17 bits per heavy atom. The van der Waals surface area contributed by atoms with E-state index in [9.17, 15) is 0 Å². The SMILES string of the molecule is Cc1cnc(N2CCCn3nnc(Cn4ccnc4)c3C2)nc1. The predicted molar refractivity (Wildman–Crippen MR) is 83.8 cm³/mol. The molecule has 0 radical (unpaired) electrons. The molecule has 0 saturated heterocycles. The van der Waals surface area contributed by atoms with E-state index >= 15 is 0 Å². The average Bonchev–Trinajstić information content (AvgIpc) is 3.14. The molecule has 4 rings (SSSR count). The quantitative estimate of drug-likeness (QED) is 0.719. The molecule has 0 saturated carbocycles. The number of aromatic nitrogens is 7. The first-order valence-electron chi connectivity index (χ1n) is 7.70. The molecule has 3 aromatic heterocycles. The van der Waals surface area contributed by atoms with Crippen LogP contribution < -0.4 is 4.90 Å². The van der Waals surface area contributed by atoms with Crippen LogP contribution in [0.15, 0.2) is 31.1 Å². The molecule has 0 aliphatic carbocycles. The Bertz CT molecular complexity index is 774. The van der Waals surface area contributed by atoms with Crippen LogP contribution >= 0.6 is 0 Å². The van der Waals surface area contributed by atoms with E-state index in [0.29, 0.717) is 6.54 Å². The van der Waals surface area contributed by atoms with E-state index in [2.05, 4.69) is 30.2 Å². The van der Waals surface area contributed by atoms with Crippen molar-refractivity contribution in [2.75, 3.05) is 11.4 Å². The number of imidazole rings is 1. The van der Waals surface area contributed by atoms with Crippen LogP contribution in [0.1, 0.15) is 23.4 Å². The highest BCUT2D eigenvalue weighted by Crippen LogP contribution is 2.19. The van der Waals surface area contributed by atoms with Gasteiger partial charge in [0.2, 0.25) is 5.95 Å². The van der Waals surface area contributed by atoms with Crippen molar-refractivity contribution in [3.8, 4) is 0 Å². The maximum absolute atomic E-state index is 4.46. The first-order valence-corrected chi connectivity index (χ1v) is 7.70. The maximum Gasteiger partial charge on any atom is 0.225 e. The van der Waals surface area contributed by atoms with Crippen molar-refractivity contribution in [3.05, 3.63) is 48.1 Å². The molecule has 0 amide bonds. The fourth-order valence-electron chi connectivity index (χ4n) is 2.79. The van der Waals surface area contributed by atoms with Gasteiger partial charge in [0, 0.05) is 37.9 Å². The Morgan fingerprint density at radius 3 is 2.83 bits per heavy atom. The van der Waals surface area contributed by atoms with Crippen LogP contribution in [0.5, 0.6) is 0 Å². The monoisotopic (exact) mass is 310 g/mol. The number of hydrogen-bond acceptors (Lipinski definition) is 6. The van der Waals surface area contributed by atoms with Gasteiger partial charge in [-0.25, -0.2) is 19.6 Å². The summed E-state index contributed by atoms with van der Waals surface area (Å²) in [6.45, 7) is 5.18. The fraction of sp³-hybridized carbons (Fsp3) is 0.400. The normalized spacial score (nSPS) is 14.6. The number of anilines is 1. The third-order valence-electron chi connectivity index (χ3n) is 4.00. The standard InChI is InChI=1S/C15H18N8/c1-12-7-17-15(18-8-12)22-4-2-5-23-14(10-22)13(19-20-23)9-21-6-3-16-11-21/h3,6-8,11H,2,4-5,9-10H2,1H3. The molecule has 0 N–H and O–H groups in total. The molecule has 0 spiro atoms. The van der Waals surface area contributed by atoms with Crippen molar-refractivity contribution in [1.29, 1.82) is 0 Å². The number of rotatable bonds is 3. The summed E-state index contributed by atoms with van der Waals surface area (Å²) in [6, 6.07) is 0. The predicted octanol–water partition coefficient (Wildman–Crippen LogP) is 1.03. The highest BCUT2D eigenvalue weighted by molar-refractivity contribution is 5.32. The summed E-state index contributed by atoms with van der Waals surface area (Å²) in [6.07, 6.45) is 10.2. The lowest BCUT2D eigenvalue weighted by atomic mass is 10.3. The van der Waals surface area contributed by atoms with Gasteiger partial charge in [-0.2, -0.15) is 0 Å². The second-order valence-corrected chi connectivity index (χ2v) is 5.78. The van der Waals surface area contributed by atoms with Crippen molar-refractivity contribution < 1.29 is 0 Å². The van der Waals surface area contributed by atoms with Crippen LogP contribution in [-0.2, 0) is 19.6 Å². The van der Waals surface area contributed by atoms with E-state index in [0.717, 1.165) is 49.0 Å². The molecule has 0 atom stereocenters. The van der Waals surface area contributed by atoms with Gasteiger partial charge >= 0.3 is 0 Å². The zero-order valence-electron chi connectivity index (χ0n) is 13.0.